The summed E-state index contributed by atoms with van der Waals surface area (Å²) in [6, 6.07) is 12.5. The van der Waals surface area contributed by atoms with E-state index in [1.165, 1.54) is 22.3 Å². The fourth-order valence-electron chi connectivity index (χ4n) is 2.43. The molecular formula is C21H18Cl2O3S. The summed E-state index contributed by atoms with van der Waals surface area (Å²) in [6.07, 6.45) is 5.26. The minimum absolute atomic E-state index is 0.0257. The van der Waals surface area contributed by atoms with E-state index >= 15 is 0 Å². The van der Waals surface area contributed by atoms with Gasteiger partial charge in [-0.05, 0) is 55.0 Å². The van der Waals surface area contributed by atoms with Gasteiger partial charge in [0.2, 0.25) is 0 Å². The monoisotopic (exact) mass is 420 g/mol. The Morgan fingerprint density at radius 3 is 2.85 bits per heavy atom. The molecule has 0 aliphatic rings. The van der Waals surface area contributed by atoms with Gasteiger partial charge in [0.1, 0.15) is 23.9 Å². The van der Waals surface area contributed by atoms with E-state index in [-0.39, 0.29) is 12.4 Å². The summed E-state index contributed by atoms with van der Waals surface area (Å²) in [5.74, 6) is 1.68. The first-order valence-corrected chi connectivity index (χ1v) is 10.1. The van der Waals surface area contributed by atoms with Gasteiger partial charge >= 0.3 is 0 Å². The molecule has 0 amide bonds. The third-order valence-electron chi connectivity index (χ3n) is 3.75. The minimum atomic E-state index is -0.0257. The van der Waals surface area contributed by atoms with Gasteiger partial charge in [-0.25, -0.2) is 0 Å². The third kappa shape index (κ3) is 5.48. The molecule has 0 spiro atoms. The van der Waals surface area contributed by atoms with Crippen molar-refractivity contribution in [1.29, 1.82) is 0 Å². The van der Waals surface area contributed by atoms with Gasteiger partial charge in [-0.3, -0.25) is 4.79 Å². The molecule has 2 aromatic heterocycles. The maximum Gasteiger partial charge on any atom is 0.195 e. The molecule has 2 heterocycles. The quantitative estimate of drug-likeness (QED) is 0.288. The lowest BCUT2D eigenvalue weighted by atomic mass is 10.2. The number of aryl methyl sites for hydroxylation is 1. The fourth-order valence-corrected chi connectivity index (χ4v) is 3.79. The normalized spacial score (nSPS) is 11.2. The van der Waals surface area contributed by atoms with Gasteiger partial charge in [0, 0.05) is 16.0 Å². The molecule has 1 aromatic carbocycles. The topological polar surface area (TPSA) is 39.4 Å². The molecule has 0 aliphatic carbocycles. The van der Waals surface area contributed by atoms with Crippen LogP contribution in [0.4, 0.5) is 0 Å². The van der Waals surface area contributed by atoms with Gasteiger partial charge in [-0.15, -0.1) is 11.3 Å². The van der Waals surface area contributed by atoms with Crippen molar-refractivity contribution in [1.82, 2.24) is 0 Å². The van der Waals surface area contributed by atoms with Crippen LogP contribution in [0.3, 0.4) is 0 Å². The number of allylic oxidation sites excluding steroid dienone is 1. The first kappa shape index (κ1) is 19.7. The highest BCUT2D eigenvalue weighted by Crippen LogP contribution is 2.28. The largest absolute Gasteiger partial charge is 0.484 e. The van der Waals surface area contributed by atoms with E-state index in [1.807, 2.05) is 12.1 Å². The smallest absolute Gasteiger partial charge is 0.195 e. The molecule has 0 bridgehead atoms. The van der Waals surface area contributed by atoms with Crippen molar-refractivity contribution in [3.63, 3.8) is 0 Å². The lowest BCUT2D eigenvalue weighted by Gasteiger charge is -2.06. The average Bonchev–Trinajstić information content (AvgIpc) is 3.30. The highest BCUT2D eigenvalue weighted by Gasteiger charge is 2.08. The molecule has 0 aliphatic heterocycles. The number of furan rings is 1. The van der Waals surface area contributed by atoms with Crippen molar-refractivity contribution < 1.29 is 13.9 Å². The van der Waals surface area contributed by atoms with Crippen LogP contribution in [0.15, 0.2) is 53.0 Å². The number of carbonyl (C=O) groups excluding carboxylic acids is 1. The van der Waals surface area contributed by atoms with Crippen molar-refractivity contribution in [3.8, 4) is 5.75 Å². The molecule has 0 unspecified atom stereocenters. The SMILES string of the molecule is CCCc1ccc(C(=O)/C=C/c2ccc(COc3cc(Cl)ccc3Cl)o2)s1. The van der Waals surface area contributed by atoms with Crippen molar-refractivity contribution in [3.05, 3.63) is 79.9 Å². The zero-order valence-corrected chi connectivity index (χ0v) is 17.0. The Balaban J connectivity index is 1.59. The van der Waals surface area contributed by atoms with Crippen LogP contribution >= 0.6 is 34.5 Å². The molecule has 3 nitrogen and oxygen atoms in total. The summed E-state index contributed by atoms with van der Waals surface area (Å²) in [7, 11) is 0. The number of benzene rings is 1. The van der Waals surface area contributed by atoms with Gasteiger partial charge in [0.05, 0.1) is 9.90 Å². The summed E-state index contributed by atoms with van der Waals surface area (Å²) < 4.78 is 11.3. The first-order chi connectivity index (χ1) is 13.0. The van der Waals surface area contributed by atoms with Gasteiger partial charge in [0.15, 0.2) is 5.78 Å². The molecule has 0 saturated heterocycles. The van der Waals surface area contributed by atoms with Crippen LogP contribution in [0.25, 0.3) is 6.08 Å². The highest BCUT2D eigenvalue weighted by molar-refractivity contribution is 7.14. The van der Waals surface area contributed by atoms with E-state index in [4.69, 9.17) is 32.4 Å². The predicted octanol–water partition coefficient (Wildman–Crippen LogP) is 7.08. The zero-order chi connectivity index (χ0) is 19.2. The van der Waals surface area contributed by atoms with Crippen molar-refractivity contribution in [2.24, 2.45) is 0 Å². The molecule has 140 valence electrons. The summed E-state index contributed by atoms with van der Waals surface area (Å²) in [5, 5.41) is 1.03. The fraction of sp³-hybridized carbons (Fsp3) is 0.190. The molecule has 3 aromatic rings. The number of ether oxygens (including phenoxy) is 1. The van der Waals surface area contributed by atoms with Crippen LogP contribution in [0.5, 0.6) is 5.75 Å². The Bertz CT molecular complexity index is 956. The van der Waals surface area contributed by atoms with Crippen molar-refractivity contribution in [2.45, 2.75) is 26.4 Å². The van der Waals surface area contributed by atoms with Crippen LogP contribution < -0.4 is 4.74 Å². The number of hydrogen-bond donors (Lipinski definition) is 0. The summed E-state index contributed by atoms with van der Waals surface area (Å²) >= 11 is 13.6. The minimum Gasteiger partial charge on any atom is -0.484 e. The number of thiophene rings is 1. The van der Waals surface area contributed by atoms with Crippen LogP contribution in [-0.4, -0.2) is 5.78 Å². The first-order valence-electron chi connectivity index (χ1n) is 8.53. The van der Waals surface area contributed by atoms with E-state index < -0.39 is 0 Å². The van der Waals surface area contributed by atoms with Gasteiger partial charge in [-0.1, -0.05) is 36.5 Å². The molecule has 0 fully saturated rings. The Morgan fingerprint density at radius 1 is 1.19 bits per heavy atom. The van der Waals surface area contributed by atoms with Crippen molar-refractivity contribution in [2.75, 3.05) is 0 Å². The number of halogens is 2. The third-order valence-corrected chi connectivity index (χ3v) is 5.45. The number of rotatable bonds is 8. The highest BCUT2D eigenvalue weighted by atomic mass is 35.5. The van der Waals surface area contributed by atoms with Gasteiger partial charge < -0.3 is 9.15 Å². The molecular weight excluding hydrogens is 403 g/mol. The zero-order valence-electron chi connectivity index (χ0n) is 14.7. The molecule has 27 heavy (non-hydrogen) atoms. The predicted molar refractivity (Wildman–Crippen MR) is 111 cm³/mol. The van der Waals surface area contributed by atoms with Crippen molar-refractivity contribution >= 4 is 46.4 Å². The summed E-state index contributed by atoms with van der Waals surface area (Å²) in [5.41, 5.74) is 0. The van der Waals surface area contributed by atoms with E-state index in [9.17, 15) is 4.79 Å². The second-order valence-corrected chi connectivity index (χ2v) is 7.89. The summed E-state index contributed by atoms with van der Waals surface area (Å²) in [6.45, 7) is 2.34. The maximum absolute atomic E-state index is 12.3. The Kier molecular flexibility index (Phi) is 6.78. The number of ketones is 1. The molecule has 0 N–H and O–H groups in total. The number of carbonyl (C=O) groups is 1. The lowest BCUT2D eigenvalue weighted by molar-refractivity contribution is 0.105. The van der Waals surface area contributed by atoms with E-state index in [0.717, 1.165) is 17.7 Å². The lowest BCUT2D eigenvalue weighted by Crippen LogP contribution is -1.94. The van der Waals surface area contributed by atoms with Crippen LogP contribution in [0.2, 0.25) is 10.0 Å². The van der Waals surface area contributed by atoms with Gasteiger partial charge in [0.25, 0.3) is 0 Å². The molecule has 3 rings (SSSR count). The Hall–Kier alpha value is -2.01. The standard InChI is InChI=1S/C21H18Cl2O3S/c1-2-3-17-8-11-21(27-17)19(24)10-7-15-5-6-16(26-15)13-25-20-12-14(22)4-9-18(20)23/h4-12H,2-3,13H2,1H3/b10-7+. The molecule has 0 radical (unpaired) electrons. The van der Waals surface area contributed by atoms with E-state index in [1.54, 1.807) is 36.4 Å². The van der Waals surface area contributed by atoms with Crippen LogP contribution in [0.1, 0.15) is 39.4 Å². The molecule has 6 heteroatoms. The average molecular weight is 421 g/mol. The molecule has 0 atom stereocenters. The Morgan fingerprint density at radius 2 is 2.04 bits per heavy atom. The van der Waals surface area contributed by atoms with Crippen LogP contribution in [-0.2, 0) is 13.0 Å². The Labute approximate surface area is 172 Å². The molecule has 0 saturated carbocycles. The van der Waals surface area contributed by atoms with E-state index in [2.05, 4.69) is 6.92 Å². The number of hydrogen-bond acceptors (Lipinski definition) is 4. The summed E-state index contributed by atoms with van der Waals surface area (Å²) in [4.78, 5) is 14.2. The van der Waals surface area contributed by atoms with Crippen LogP contribution in [0, 0.1) is 0 Å². The second kappa shape index (κ2) is 9.27. The van der Waals surface area contributed by atoms with E-state index in [0.29, 0.717) is 27.3 Å². The van der Waals surface area contributed by atoms with Gasteiger partial charge in [-0.2, -0.15) is 0 Å². The maximum atomic E-state index is 12.3. The second-order valence-electron chi connectivity index (χ2n) is 5.88.